The summed E-state index contributed by atoms with van der Waals surface area (Å²) in [5, 5.41) is 2.57. The molecular weight excluding hydrogens is 322 g/mol. The van der Waals surface area contributed by atoms with E-state index in [1.54, 1.807) is 0 Å². The maximum atomic E-state index is 5.47. The normalized spacial score (nSPS) is 20.3. The van der Waals surface area contributed by atoms with Crippen molar-refractivity contribution in [1.82, 2.24) is 9.80 Å². The molecule has 0 saturated carbocycles. The Morgan fingerprint density at radius 2 is 1.77 bits per heavy atom. The van der Waals surface area contributed by atoms with Crippen molar-refractivity contribution in [2.45, 2.75) is 0 Å². The highest BCUT2D eigenvalue weighted by atomic mass is 16.5. The maximum Gasteiger partial charge on any atom is 0.0753 e. The van der Waals surface area contributed by atoms with E-state index in [2.05, 4.69) is 81.6 Å². The molecule has 5 rings (SSSR count). The lowest BCUT2D eigenvalue weighted by molar-refractivity contribution is 0.0228. The molecule has 4 nitrogen and oxygen atoms in total. The Morgan fingerprint density at radius 1 is 0.923 bits per heavy atom. The smallest absolute Gasteiger partial charge is 0.0753 e. The Balaban J connectivity index is 1.38. The van der Waals surface area contributed by atoms with E-state index in [0.717, 1.165) is 39.5 Å². The molecule has 0 atom stereocenters. The first-order valence-electron chi connectivity index (χ1n) is 9.31. The Kier molecular flexibility index (Phi) is 4.00. The molecule has 3 aliphatic rings. The van der Waals surface area contributed by atoms with Gasteiger partial charge in [-0.15, -0.1) is 0 Å². The van der Waals surface area contributed by atoms with E-state index >= 15 is 0 Å². The number of nitrogens with zero attached hydrogens (tertiary/aromatic N) is 3. The number of morpholine rings is 1. The molecule has 1 fully saturated rings. The molecule has 132 valence electrons. The van der Waals surface area contributed by atoms with Crippen LogP contribution in [-0.4, -0.2) is 49.3 Å². The highest BCUT2D eigenvalue weighted by Crippen LogP contribution is 2.34. The molecule has 0 amide bonds. The average Bonchev–Trinajstić information content (AvgIpc) is 3.14. The van der Waals surface area contributed by atoms with Crippen LogP contribution in [0.2, 0.25) is 0 Å². The number of fused-ring (bicyclic) bond motifs is 2. The van der Waals surface area contributed by atoms with E-state index in [1.807, 2.05) is 0 Å². The van der Waals surface area contributed by atoms with Gasteiger partial charge in [0, 0.05) is 31.5 Å². The summed E-state index contributed by atoms with van der Waals surface area (Å²) in [5.74, 6) is 0. The van der Waals surface area contributed by atoms with E-state index in [-0.39, 0.29) is 0 Å². The lowest BCUT2D eigenvalue weighted by atomic mass is 10.1. The van der Waals surface area contributed by atoms with Gasteiger partial charge in [-0.1, -0.05) is 30.3 Å². The van der Waals surface area contributed by atoms with Crippen molar-refractivity contribution in [3.63, 3.8) is 0 Å². The first-order valence-corrected chi connectivity index (χ1v) is 9.31. The van der Waals surface area contributed by atoms with Gasteiger partial charge in [0.25, 0.3) is 0 Å². The minimum atomic E-state index is 0.836. The fourth-order valence-corrected chi connectivity index (χ4v) is 3.95. The molecule has 2 aromatic rings. The van der Waals surface area contributed by atoms with Gasteiger partial charge in [-0.2, -0.15) is 0 Å². The van der Waals surface area contributed by atoms with Crippen molar-refractivity contribution in [3.8, 4) is 0 Å². The van der Waals surface area contributed by atoms with Gasteiger partial charge in [0.05, 0.1) is 31.3 Å². The Morgan fingerprint density at radius 3 is 2.65 bits per heavy atom. The van der Waals surface area contributed by atoms with Crippen LogP contribution in [0.3, 0.4) is 0 Å². The van der Waals surface area contributed by atoms with Gasteiger partial charge >= 0.3 is 0 Å². The molecule has 3 aliphatic heterocycles. The zero-order chi connectivity index (χ0) is 17.3. The number of anilines is 1. The minimum absolute atomic E-state index is 0.836. The minimum Gasteiger partial charge on any atom is -0.379 e. The lowest BCUT2D eigenvalue weighted by Crippen LogP contribution is -2.42. The molecule has 26 heavy (non-hydrogen) atoms. The first-order chi connectivity index (χ1) is 12.9. The number of ether oxygens (including phenoxy) is 1. The van der Waals surface area contributed by atoms with Crippen LogP contribution in [0.1, 0.15) is 0 Å². The summed E-state index contributed by atoms with van der Waals surface area (Å²) in [6.07, 6.45) is 8.91. The van der Waals surface area contributed by atoms with E-state index in [1.165, 1.54) is 27.9 Å². The van der Waals surface area contributed by atoms with Gasteiger partial charge in [-0.25, -0.2) is 0 Å². The van der Waals surface area contributed by atoms with Crippen molar-refractivity contribution in [1.29, 1.82) is 0 Å². The summed E-state index contributed by atoms with van der Waals surface area (Å²) in [4.78, 5) is 7.22. The maximum absolute atomic E-state index is 5.47. The van der Waals surface area contributed by atoms with Crippen LogP contribution in [0.4, 0.5) is 5.69 Å². The van der Waals surface area contributed by atoms with Gasteiger partial charge in [0.15, 0.2) is 0 Å². The summed E-state index contributed by atoms with van der Waals surface area (Å²) in [5.41, 5.74) is 3.85. The molecule has 0 radical (unpaired) electrons. The van der Waals surface area contributed by atoms with Crippen molar-refractivity contribution in [2.75, 3.05) is 44.4 Å². The molecule has 0 aliphatic carbocycles. The summed E-state index contributed by atoms with van der Waals surface area (Å²) >= 11 is 0. The largest absolute Gasteiger partial charge is 0.379 e. The molecule has 0 unspecified atom stereocenters. The number of rotatable bonds is 3. The van der Waals surface area contributed by atoms with Gasteiger partial charge < -0.3 is 14.5 Å². The SMILES string of the molecule is C1=CN(CN2CCOCC2)C2=CCN(c3ccc4ccccc4c3)C2=C1. The lowest BCUT2D eigenvalue weighted by Gasteiger charge is -2.35. The predicted octanol–water partition coefficient (Wildman–Crippen LogP) is 3.55. The number of hydrogen-bond donors (Lipinski definition) is 0. The van der Waals surface area contributed by atoms with Gasteiger partial charge in [0.2, 0.25) is 0 Å². The van der Waals surface area contributed by atoms with Gasteiger partial charge in [-0.3, -0.25) is 4.90 Å². The zero-order valence-corrected chi connectivity index (χ0v) is 14.8. The van der Waals surface area contributed by atoms with E-state index in [0.29, 0.717) is 0 Å². The standard InChI is InChI=1S/C22H23N3O/c1-2-5-19-16-20(8-7-18(19)4-1)25-11-9-21-22(25)6-3-10-24(21)17-23-12-14-26-15-13-23/h1-10,16H,11-15,17H2. The Labute approximate surface area is 154 Å². The van der Waals surface area contributed by atoms with Crippen molar-refractivity contribution < 1.29 is 4.74 Å². The molecule has 0 aromatic heterocycles. The summed E-state index contributed by atoms with van der Waals surface area (Å²) in [6.45, 7) is 5.52. The fourth-order valence-electron chi connectivity index (χ4n) is 3.95. The van der Waals surface area contributed by atoms with Crippen LogP contribution in [0.15, 0.2) is 78.3 Å². The quantitative estimate of drug-likeness (QED) is 0.847. The molecular formula is C22H23N3O. The van der Waals surface area contributed by atoms with Gasteiger partial charge in [0.1, 0.15) is 0 Å². The van der Waals surface area contributed by atoms with E-state index in [4.69, 9.17) is 4.74 Å². The third kappa shape index (κ3) is 2.81. The zero-order valence-electron chi connectivity index (χ0n) is 14.8. The van der Waals surface area contributed by atoms with Crippen LogP contribution in [0.5, 0.6) is 0 Å². The number of hydrogen-bond acceptors (Lipinski definition) is 4. The molecule has 4 heteroatoms. The number of allylic oxidation sites excluding steroid dienone is 2. The molecule has 1 saturated heterocycles. The second-order valence-electron chi connectivity index (χ2n) is 6.97. The second kappa shape index (κ2) is 6.63. The van der Waals surface area contributed by atoms with E-state index < -0.39 is 0 Å². The van der Waals surface area contributed by atoms with Crippen LogP contribution in [0, 0.1) is 0 Å². The van der Waals surface area contributed by atoms with Crippen LogP contribution in [0.25, 0.3) is 10.8 Å². The fraction of sp³-hybridized carbons (Fsp3) is 0.273. The molecule has 0 bridgehead atoms. The van der Waals surface area contributed by atoms with Crippen LogP contribution >= 0.6 is 0 Å². The predicted molar refractivity (Wildman–Crippen MR) is 106 cm³/mol. The highest BCUT2D eigenvalue weighted by molar-refractivity contribution is 5.86. The Hall–Kier alpha value is -2.56. The average molecular weight is 345 g/mol. The molecule has 0 spiro atoms. The second-order valence-corrected chi connectivity index (χ2v) is 6.97. The first kappa shape index (κ1) is 15.7. The third-order valence-corrected chi connectivity index (χ3v) is 5.35. The topological polar surface area (TPSA) is 19.0 Å². The monoisotopic (exact) mass is 345 g/mol. The summed E-state index contributed by atoms with van der Waals surface area (Å²) in [7, 11) is 0. The van der Waals surface area contributed by atoms with Gasteiger partial charge in [-0.05, 0) is 41.1 Å². The molecule has 0 N–H and O–H groups in total. The Bertz CT molecular complexity index is 908. The molecule has 2 aromatic carbocycles. The summed E-state index contributed by atoms with van der Waals surface area (Å²) in [6, 6.07) is 15.3. The summed E-state index contributed by atoms with van der Waals surface area (Å²) < 4.78 is 5.47. The third-order valence-electron chi connectivity index (χ3n) is 5.35. The van der Waals surface area contributed by atoms with Crippen LogP contribution in [-0.2, 0) is 4.74 Å². The van der Waals surface area contributed by atoms with E-state index in [9.17, 15) is 0 Å². The number of benzene rings is 2. The highest BCUT2D eigenvalue weighted by Gasteiger charge is 2.27. The molecule has 3 heterocycles. The van der Waals surface area contributed by atoms with Crippen molar-refractivity contribution in [2.24, 2.45) is 0 Å². The van der Waals surface area contributed by atoms with Crippen LogP contribution < -0.4 is 4.90 Å². The van der Waals surface area contributed by atoms with Crippen molar-refractivity contribution >= 4 is 16.5 Å². The van der Waals surface area contributed by atoms with Crippen molar-refractivity contribution in [3.05, 3.63) is 78.3 Å².